The average Bonchev–Trinajstić information content (AvgIpc) is 3.24. The van der Waals surface area contributed by atoms with Crippen LogP contribution in [0.2, 0.25) is 0 Å². The van der Waals surface area contributed by atoms with Gasteiger partial charge in [-0.2, -0.15) is 0 Å². The summed E-state index contributed by atoms with van der Waals surface area (Å²) >= 11 is 1.14. The highest BCUT2D eigenvalue weighted by atomic mass is 32.2. The molecule has 9 nitrogen and oxygen atoms in total. The highest BCUT2D eigenvalue weighted by Crippen LogP contribution is 2.21. The number of benzene rings is 2. The zero-order chi connectivity index (χ0) is 21.6. The van der Waals surface area contributed by atoms with E-state index in [2.05, 4.69) is 15.2 Å². The SMILES string of the molecule is COCC[n+]1cc(/N=C(/[O-])CSc2nc3ccccc3c(=O)n2-c2ccccc2)on1. The standard InChI is InChI=1S/C21H19N5O4S/c1-29-12-11-25-13-19(30-24-25)23-18(27)14-31-21-22-17-10-6-5-9-16(17)20(28)26(21)15-7-3-2-4-8-15/h2-10,13H,11-12,14H2,1H3. The zero-order valence-electron chi connectivity index (χ0n) is 16.7. The van der Waals surface area contributed by atoms with Crippen molar-refractivity contribution >= 4 is 34.4 Å². The number of thioether (sulfide) groups is 1. The number of para-hydroxylation sites is 2. The predicted octanol–water partition coefficient (Wildman–Crippen LogP) is 1.49. The molecule has 0 unspecified atom stereocenters. The Balaban J connectivity index is 1.62. The summed E-state index contributed by atoms with van der Waals surface area (Å²) in [5.41, 5.74) is 1.05. The largest absolute Gasteiger partial charge is 0.861 e. The van der Waals surface area contributed by atoms with Crippen LogP contribution < -0.4 is 15.3 Å². The van der Waals surface area contributed by atoms with Gasteiger partial charge in [-0.15, -0.1) is 0 Å². The Hall–Kier alpha value is -3.50. The molecule has 0 saturated heterocycles. The van der Waals surface area contributed by atoms with E-state index in [-0.39, 0.29) is 17.2 Å². The minimum Gasteiger partial charge on any atom is -0.861 e. The number of hydrogen-bond donors (Lipinski definition) is 0. The molecule has 0 aliphatic carbocycles. The molecule has 4 aromatic rings. The van der Waals surface area contributed by atoms with E-state index in [0.717, 1.165) is 11.8 Å². The summed E-state index contributed by atoms with van der Waals surface area (Å²) in [5.74, 6) is -0.341. The van der Waals surface area contributed by atoms with Gasteiger partial charge in [0, 0.05) is 12.9 Å². The molecular weight excluding hydrogens is 418 g/mol. The van der Waals surface area contributed by atoms with Gasteiger partial charge in [0.05, 0.1) is 16.6 Å². The van der Waals surface area contributed by atoms with Crippen LogP contribution in [0.4, 0.5) is 5.88 Å². The summed E-state index contributed by atoms with van der Waals surface area (Å²) in [7, 11) is 1.59. The normalized spacial score (nSPS) is 11.8. The Morgan fingerprint density at radius 3 is 2.81 bits per heavy atom. The van der Waals surface area contributed by atoms with E-state index in [1.54, 1.807) is 25.3 Å². The van der Waals surface area contributed by atoms with Crippen LogP contribution in [0.5, 0.6) is 0 Å². The first-order chi connectivity index (χ1) is 15.2. The maximum absolute atomic E-state index is 13.1. The number of fused-ring (bicyclic) bond motifs is 1. The molecule has 0 spiro atoms. The fourth-order valence-corrected chi connectivity index (χ4v) is 3.70. The molecule has 2 aromatic carbocycles. The van der Waals surface area contributed by atoms with E-state index >= 15 is 0 Å². The van der Waals surface area contributed by atoms with Gasteiger partial charge in [0.1, 0.15) is 6.61 Å². The first kappa shape index (κ1) is 20.8. The second-order valence-corrected chi connectivity index (χ2v) is 7.42. The minimum atomic E-state index is -0.429. The van der Waals surface area contributed by atoms with Crippen molar-refractivity contribution in [3.05, 3.63) is 71.1 Å². The Bertz CT molecular complexity index is 1270. The van der Waals surface area contributed by atoms with Crippen LogP contribution in [0.25, 0.3) is 16.6 Å². The number of aromatic nitrogens is 4. The van der Waals surface area contributed by atoms with Crippen LogP contribution in [0.3, 0.4) is 0 Å². The van der Waals surface area contributed by atoms with E-state index in [9.17, 15) is 9.90 Å². The third-order valence-corrected chi connectivity index (χ3v) is 5.27. The number of ether oxygens (including phenoxy) is 1. The molecule has 0 N–H and O–H groups in total. The van der Waals surface area contributed by atoms with Crippen molar-refractivity contribution in [2.45, 2.75) is 11.7 Å². The third-order valence-electron chi connectivity index (χ3n) is 4.34. The van der Waals surface area contributed by atoms with Gasteiger partial charge >= 0.3 is 5.88 Å². The highest BCUT2D eigenvalue weighted by Gasteiger charge is 2.14. The van der Waals surface area contributed by atoms with Crippen LogP contribution in [0.15, 0.2) is 80.3 Å². The van der Waals surface area contributed by atoms with Gasteiger partial charge in [0.25, 0.3) is 11.8 Å². The quantitative estimate of drug-likeness (QED) is 0.135. The van der Waals surface area contributed by atoms with Crippen molar-refractivity contribution in [2.75, 3.05) is 19.5 Å². The van der Waals surface area contributed by atoms with Crippen molar-refractivity contribution in [2.24, 2.45) is 4.99 Å². The van der Waals surface area contributed by atoms with Gasteiger partial charge in [-0.25, -0.2) is 9.98 Å². The molecule has 0 atom stereocenters. The number of methoxy groups -OCH3 is 1. The molecule has 10 heteroatoms. The van der Waals surface area contributed by atoms with E-state index < -0.39 is 5.90 Å². The lowest BCUT2D eigenvalue weighted by molar-refractivity contribution is -0.763. The number of nitrogens with zero attached hydrogens (tertiary/aromatic N) is 5. The second kappa shape index (κ2) is 9.54. The van der Waals surface area contributed by atoms with E-state index in [0.29, 0.717) is 34.9 Å². The van der Waals surface area contributed by atoms with Crippen molar-refractivity contribution in [3.8, 4) is 5.69 Å². The summed E-state index contributed by atoms with van der Waals surface area (Å²) in [4.78, 5) is 21.7. The average molecular weight is 437 g/mol. The first-order valence-corrected chi connectivity index (χ1v) is 10.4. The molecule has 0 bridgehead atoms. The van der Waals surface area contributed by atoms with Gasteiger partial charge in [-0.1, -0.05) is 42.1 Å². The third kappa shape index (κ3) is 4.81. The molecule has 0 fully saturated rings. The van der Waals surface area contributed by atoms with Gasteiger partial charge < -0.3 is 9.84 Å². The lowest BCUT2D eigenvalue weighted by atomic mass is 10.2. The van der Waals surface area contributed by atoms with Gasteiger partial charge in [0.2, 0.25) is 11.8 Å². The fourth-order valence-electron chi connectivity index (χ4n) is 2.90. The molecule has 4 rings (SSSR count). The first-order valence-electron chi connectivity index (χ1n) is 9.45. The topological polar surface area (TPSA) is 109 Å². The fraction of sp³-hybridized carbons (Fsp3) is 0.190. The molecule has 2 heterocycles. The highest BCUT2D eigenvalue weighted by molar-refractivity contribution is 7.99. The van der Waals surface area contributed by atoms with E-state index in [4.69, 9.17) is 9.26 Å². The maximum atomic E-state index is 13.1. The monoisotopic (exact) mass is 437 g/mol. The lowest BCUT2D eigenvalue weighted by Crippen LogP contribution is -2.36. The minimum absolute atomic E-state index is 0.0175. The smallest absolute Gasteiger partial charge is 0.320 e. The molecule has 31 heavy (non-hydrogen) atoms. The zero-order valence-corrected chi connectivity index (χ0v) is 17.5. The Kier molecular flexibility index (Phi) is 6.39. The predicted molar refractivity (Wildman–Crippen MR) is 114 cm³/mol. The molecule has 0 amide bonds. The number of rotatable bonds is 8. The summed E-state index contributed by atoms with van der Waals surface area (Å²) < 4.78 is 13.0. The number of aliphatic imine (C=N–C) groups is 1. The van der Waals surface area contributed by atoms with Gasteiger partial charge in [-0.3, -0.25) is 13.9 Å². The van der Waals surface area contributed by atoms with Crippen LogP contribution >= 0.6 is 11.8 Å². The molecule has 158 valence electrons. The Labute approximate surface area is 181 Å². The van der Waals surface area contributed by atoms with Crippen LogP contribution in [0.1, 0.15) is 0 Å². The van der Waals surface area contributed by atoms with E-state index in [1.165, 1.54) is 15.4 Å². The molecule has 0 radical (unpaired) electrons. The van der Waals surface area contributed by atoms with Gasteiger partial charge in [0.15, 0.2) is 5.16 Å². The van der Waals surface area contributed by atoms with Crippen molar-refractivity contribution in [3.63, 3.8) is 0 Å². The molecule has 0 saturated carbocycles. The Morgan fingerprint density at radius 1 is 1.23 bits per heavy atom. The molecule has 2 aromatic heterocycles. The summed E-state index contributed by atoms with van der Waals surface area (Å²) in [6.07, 6.45) is 1.52. The molecular formula is C21H19N5O4S. The number of hydrogen-bond acceptors (Lipinski definition) is 8. The summed E-state index contributed by atoms with van der Waals surface area (Å²) in [5, 5.41) is 17.1. The second-order valence-electron chi connectivity index (χ2n) is 6.48. The summed E-state index contributed by atoms with van der Waals surface area (Å²) in [6, 6.07) is 16.3. The summed E-state index contributed by atoms with van der Waals surface area (Å²) in [6.45, 7) is 0.952. The van der Waals surface area contributed by atoms with Crippen molar-refractivity contribution in [1.82, 2.24) is 14.8 Å². The molecule has 0 aliphatic rings. The Morgan fingerprint density at radius 2 is 2.00 bits per heavy atom. The van der Waals surface area contributed by atoms with Crippen molar-refractivity contribution in [1.29, 1.82) is 0 Å². The van der Waals surface area contributed by atoms with Crippen LogP contribution in [-0.4, -0.2) is 40.2 Å². The van der Waals surface area contributed by atoms with E-state index in [1.807, 2.05) is 36.4 Å². The molecule has 0 aliphatic heterocycles. The van der Waals surface area contributed by atoms with Crippen LogP contribution in [0, 0.1) is 0 Å². The van der Waals surface area contributed by atoms with Crippen LogP contribution in [-0.2, 0) is 11.3 Å². The maximum Gasteiger partial charge on any atom is 0.320 e. The van der Waals surface area contributed by atoms with Gasteiger partial charge in [-0.05, 0) is 34.8 Å². The van der Waals surface area contributed by atoms with Crippen molar-refractivity contribution < 1.29 is 19.0 Å². The lowest BCUT2D eigenvalue weighted by Gasteiger charge is -2.14.